The highest BCUT2D eigenvalue weighted by molar-refractivity contribution is 6.25. The number of hydrogen-bond acceptors (Lipinski definition) is 6. The standard InChI is InChI=1S/C24H26N2O6/c1-15-12-25(13-16(2)32-15)20(27)14-31-21(28)10-5-11-26-23(29)18-8-3-6-17-7-4-9-19(22(17)18)24(26)30/h3-4,6-9,15-16H,5,10-14H2,1-2H3/t15-,16+. The van der Waals surface area contributed by atoms with Gasteiger partial charge in [-0.3, -0.25) is 24.1 Å². The molecule has 0 radical (unpaired) electrons. The molecule has 0 aliphatic carbocycles. The van der Waals surface area contributed by atoms with E-state index >= 15 is 0 Å². The fourth-order valence-electron chi connectivity index (χ4n) is 4.35. The molecule has 2 aromatic carbocycles. The molecule has 8 heteroatoms. The van der Waals surface area contributed by atoms with Gasteiger partial charge in [-0.15, -0.1) is 0 Å². The fourth-order valence-corrected chi connectivity index (χ4v) is 4.35. The maximum Gasteiger partial charge on any atom is 0.306 e. The Morgan fingerprint density at radius 1 is 1.00 bits per heavy atom. The summed E-state index contributed by atoms with van der Waals surface area (Å²) in [5.74, 6) is -1.52. The van der Waals surface area contributed by atoms with Gasteiger partial charge >= 0.3 is 5.97 Å². The van der Waals surface area contributed by atoms with Crippen LogP contribution in [0.25, 0.3) is 10.8 Å². The number of carbonyl (C=O) groups is 4. The predicted molar refractivity (Wildman–Crippen MR) is 116 cm³/mol. The van der Waals surface area contributed by atoms with E-state index in [1.54, 1.807) is 29.2 Å². The summed E-state index contributed by atoms with van der Waals surface area (Å²) in [6, 6.07) is 10.7. The molecule has 2 aliphatic rings. The van der Waals surface area contributed by atoms with Crippen LogP contribution in [-0.2, 0) is 19.1 Å². The maximum absolute atomic E-state index is 12.9. The van der Waals surface area contributed by atoms with E-state index in [9.17, 15) is 19.2 Å². The average Bonchev–Trinajstić information content (AvgIpc) is 2.77. The number of nitrogens with zero attached hydrogens (tertiary/aromatic N) is 2. The van der Waals surface area contributed by atoms with E-state index < -0.39 is 5.97 Å². The molecule has 4 rings (SSSR count). The normalized spacial score (nSPS) is 20.6. The topological polar surface area (TPSA) is 93.2 Å². The van der Waals surface area contributed by atoms with E-state index in [2.05, 4.69) is 0 Å². The molecule has 0 saturated carbocycles. The van der Waals surface area contributed by atoms with Crippen molar-refractivity contribution < 1.29 is 28.7 Å². The van der Waals surface area contributed by atoms with E-state index in [1.165, 1.54) is 4.90 Å². The number of ether oxygens (including phenoxy) is 2. The van der Waals surface area contributed by atoms with Crippen LogP contribution in [0.4, 0.5) is 0 Å². The molecule has 0 unspecified atom stereocenters. The quantitative estimate of drug-likeness (QED) is 0.508. The van der Waals surface area contributed by atoms with Gasteiger partial charge in [-0.1, -0.05) is 24.3 Å². The monoisotopic (exact) mass is 438 g/mol. The molecular weight excluding hydrogens is 412 g/mol. The first-order valence-electron chi connectivity index (χ1n) is 10.8. The number of esters is 1. The van der Waals surface area contributed by atoms with Gasteiger partial charge in [0.15, 0.2) is 6.61 Å². The second kappa shape index (κ2) is 9.08. The van der Waals surface area contributed by atoms with Crippen molar-refractivity contribution in [3.8, 4) is 0 Å². The molecular formula is C24H26N2O6. The third-order valence-electron chi connectivity index (χ3n) is 5.75. The molecule has 8 nitrogen and oxygen atoms in total. The van der Waals surface area contributed by atoms with Crippen LogP contribution < -0.4 is 0 Å². The number of benzene rings is 2. The van der Waals surface area contributed by atoms with Crippen LogP contribution >= 0.6 is 0 Å². The average molecular weight is 438 g/mol. The predicted octanol–water partition coefficient (Wildman–Crippen LogP) is 2.40. The zero-order valence-corrected chi connectivity index (χ0v) is 18.2. The SMILES string of the molecule is C[C@@H]1CN(C(=O)COC(=O)CCCN2C(=O)c3cccc4cccc(c34)C2=O)C[C@H](C)O1. The number of imide groups is 1. The summed E-state index contributed by atoms with van der Waals surface area (Å²) in [7, 11) is 0. The molecule has 3 amide bonds. The molecule has 0 bridgehead atoms. The van der Waals surface area contributed by atoms with Gasteiger partial charge in [-0.25, -0.2) is 0 Å². The van der Waals surface area contributed by atoms with E-state index in [0.717, 1.165) is 5.39 Å². The summed E-state index contributed by atoms with van der Waals surface area (Å²) in [5.41, 5.74) is 0.972. The minimum Gasteiger partial charge on any atom is -0.456 e. The number of morpholine rings is 1. The largest absolute Gasteiger partial charge is 0.456 e. The Morgan fingerprint density at radius 3 is 2.19 bits per heavy atom. The number of hydrogen-bond donors (Lipinski definition) is 0. The number of amides is 3. The van der Waals surface area contributed by atoms with Crippen LogP contribution in [0.15, 0.2) is 36.4 Å². The van der Waals surface area contributed by atoms with Crippen LogP contribution in [-0.4, -0.2) is 71.9 Å². The summed E-state index contributed by atoms with van der Waals surface area (Å²) in [5, 5.41) is 1.52. The second-order valence-electron chi connectivity index (χ2n) is 8.29. The molecule has 0 N–H and O–H groups in total. The van der Waals surface area contributed by atoms with Crippen molar-refractivity contribution in [1.29, 1.82) is 0 Å². The fraction of sp³-hybridized carbons (Fsp3) is 0.417. The maximum atomic E-state index is 12.9. The van der Waals surface area contributed by atoms with Crippen molar-refractivity contribution >= 4 is 34.5 Å². The van der Waals surface area contributed by atoms with E-state index in [-0.39, 0.29) is 55.9 Å². The van der Waals surface area contributed by atoms with Crippen molar-refractivity contribution in [3.63, 3.8) is 0 Å². The van der Waals surface area contributed by atoms with Crippen molar-refractivity contribution in [2.75, 3.05) is 26.2 Å². The molecule has 2 atom stereocenters. The molecule has 1 fully saturated rings. The Hall–Kier alpha value is -3.26. The summed E-state index contributed by atoms with van der Waals surface area (Å²) >= 11 is 0. The smallest absolute Gasteiger partial charge is 0.306 e. The Labute approximate surface area is 186 Å². The van der Waals surface area contributed by atoms with Gasteiger partial charge in [0, 0.05) is 42.6 Å². The highest BCUT2D eigenvalue weighted by Crippen LogP contribution is 2.30. The third-order valence-corrected chi connectivity index (χ3v) is 5.75. The Morgan fingerprint density at radius 2 is 1.59 bits per heavy atom. The summed E-state index contributed by atoms with van der Waals surface area (Å²) in [4.78, 5) is 52.9. The van der Waals surface area contributed by atoms with Crippen molar-refractivity contribution in [3.05, 3.63) is 47.5 Å². The summed E-state index contributed by atoms with van der Waals surface area (Å²) in [6.07, 6.45) is 0.142. The zero-order chi connectivity index (χ0) is 22.8. The number of rotatable bonds is 6. The van der Waals surface area contributed by atoms with Crippen LogP contribution in [0.1, 0.15) is 47.4 Å². The number of carbonyl (C=O) groups excluding carboxylic acids is 4. The minimum atomic E-state index is -0.535. The molecule has 32 heavy (non-hydrogen) atoms. The van der Waals surface area contributed by atoms with Crippen LogP contribution in [0.3, 0.4) is 0 Å². The van der Waals surface area contributed by atoms with Crippen LogP contribution in [0.5, 0.6) is 0 Å². The Balaban J connectivity index is 1.29. The lowest BCUT2D eigenvalue weighted by atomic mass is 9.94. The minimum absolute atomic E-state index is 0.00606. The lowest BCUT2D eigenvalue weighted by Crippen LogP contribution is -2.49. The first kappa shape index (κ1) is 22.0. The van der Waals surface area contributed by atoms with E-state index in [0.29, 0.717) is 29.6 Å². The molecule has 0 aromatic heterocycles. The van der Waals surface area contributed by atoms with Crippen molar-refractivity contribution in [2.45, 2.75) is 38.9 Å². The zero-order valence-electron chi connectivity index (χ0n) is 18.2. The molecule has 168 valence electrons. The van der Waals surface area contributed by atoms with Gasteiger partial charge in [-0.05, 0) is 37.8 Å². The molecule has 1 saturated heterocycles. The van der Waals surface area contributed by atoms with Crippen molar-refractivity contribution in [2.24, 2.45) is 0 Å². The molecule has 0 spiro atoms. The third kappa shape index (κ3) is 4.36. The van der Waals surface area contributed by atoms with E-state index in [4.69, 9.17) is 9.47 Å². The molecule has 2 aromatic rings. The highest BCUT2D eigenvalue weighted by Gasteiger charge is 2.32. The van der Waals surface area contributed by atoms with E-state index in [1.807, 2.05) is 26.0 Å². The van der Waals surface area contributed by atoms with Gasteiger partial charge in [0.2, 0.25) is 0 Å². The van der Waals surface area contributed by atoms with Gasteiger partial charge in [-0.2, -0.15) is 0 Å². The summed E-state index contributed by atoms with van der Waals surface area (Å²) < 4.78 is 10.7. The van der Waals surface area contributed by atoms with Gasteiger partial charge in [0.1, 0.15) is 0 Å². The lowest BCUT2D eigenvalue weighted by Gasteiger charge is -2.35. The van der Waals surface area contributed by atoms with Gasteiger partial charge in [0.05, 0.1) is 12.2 Å². The lowest BCUT2D eigenvalue weighted by molar-refractivity contribution is -0.157. The second-order valence-corrected chi connectivity index (χ2v) is 8.29. The van der Waals surface area contributed by atoms with Crippen molar-refractivity contribution in [1.82, 2.24) is 9.80 Å². The van der Waals surface area contributed by atoms with Gasteiger partial charge in [0.25, 0.3) is 17.7 Å². The Kier molecular flexibility index (Phi) is 6.23. The van der Waals surface area contributed by atoms with Crippen LogP contribution in [0, 0.1) is 0 Å². The Bertz CT molecular complexity index is 1020. The molecule has 2 heterocycles. The van der Waals surface area contributed by atoms with Gasteiger partial charge < -0.3 is 14.4 Å². The highest BCUT2D eigenvalue weighted by atomic mass is 16.5. The van der Waals surface area contributed by atoms with Crippen LogP contribution in [0.2, 0.25) is 0 Å². The summed E-state index contributed by atoms with van der Waals surface area (Å²) in [6.45, 7) is 4.50. The first-order chi connectivity index (χ1) is 15.3. The first-order valence-corrected chi connectivity index (χ1v) is 10.8. The molecule has 2 aliphatic heterocycles.